The molecule has 0 saturated carbocycles. The lowest BCUT2D eigenvalue weighted by atomic mass is 9.74. The Morgan fingerprint density at radius 1 is 0.933 bits per heavy atom. The molecule has 0 unspecified atom stereocenters. The van der Waals surface area contributed by atoms with Crippen LogP contribution in [0.1, 0.15) is 32.3 Å². The zero-order valence-electron chi connectivity index (χ0n) is 17.5. The lowest BCUT2D eigenvalue weighted by molar-refractivity contribution is 0.354. The van der Waals surface area contributed by atoms with Gasteiger partial charge in [-0.15, -0.1) is 0 Å². The second-order valence-electron chi connectivity index (χ2n) is 8.04. The van der Waals surface area contributed by atoms with E-state index in [9.17, 15) is 10.5 Å². The molecule has 0 bridgehead atoms. The van der Waals surface area contributed by atoms with Gasteiger partial charge < -0.3 is 4.74 Å². The van der Waals surface area contributed by atoms with Crippen LogP contribution < -0.4 is 4.74 Å². The molecule has 0 aliphatic heterocycles. The van der Waals surface area contributed by atoms with Gasteiger partial charge in [-0.05, 0) is 71.4 Å². The van der Waals surface area contributed by atoms with Gasteiger partial charge in [0.1, 0.15) is 23.5 Å². The molecule has 0 amide bonds. The molecule has 0 saturated heterocycles. The van der Waals surface area contributed by atoms with Crippen LogP contribution in [0, 0.1) is 28.1 Å². The van der Waals surface area contributed by atoms with Gasteiger partial charge >= 0.3 is 0 Å². The molecule has 0 heterocycles. The molecule has 2 aromatic rings. The molecule has 1 aliphatic carbocycles. The molecule has 30 heavy (non-hydrogen) atoms. The molecule has 3 rings (SSSR count). The maximum atomic E-state index is 9.21. The highest BCUT2D eigenvalue weighted by molar-refractivity contribution is 7.99. The lowest BCUT2D eigenvalue weighted by Gasteiger charge is -2.30. The summed E-state index contributed by atoms with van der Waals surface area (Å²) in [6.45, 7) is 4.34. The summed E-state index contributed by atoms with van der Waals surface area (Å²) in [6.07, 6.45) is 7.85. The van der Waals surface area contributed by atoms with E-state index < -0.39 is 0 Å². The molecule has 3 nitrogen and oxygen atoms in total. The zero-order valence-corrected chi connectivity index (χ0v) is 18.3. The Kier molecular flexibility index (Phi) is 6.83. The van der Waals surface area contributed by atoms with Crippen LogP contribution in [0.15, 0.2) is 87.2 Å². The Bertz CT molecular complexity index is 1060. The predicted octanol–water partition coefficient (Wildman–Crippen LogP) is 6.95. The molecule has 150 valence electrons. The van der Waals surface area contributed by atoms with E-state index >= 15 is 0 Å². The number of methoxy groups -OCH3 is 1. The van der Waals surface area contributed by atoms with Crippen LogP contribution in [0.25, 0.3) is 6.08 Å². The summed E-state index contributed by atoms with van der Waals surface area (Å²) in [5, 5.41) is 18.4. The average molecular weight is 413 g/mol. The monoisotopic (exact) mass is 412 g/mol. The van der Waals surface area contributed by atoms with Crippen LogP contribution in [0.4, 0.5) is 0 Å². The van der Waals surface area contributed by atoms with Crippen molar-refractivity contribution in [2.75, 3.05) is 7.11 Å². The van der Waals surface area contributed by atoms with Gasteiger partial charge in [0.2, 0.25) is 0 Å². The first-order valence-electron chi connectivity index (χ1n) is 9.76. The fourth-order valence-corrected chi connectivity index (χ4v) is 4.34. The van der Waals surface area contributed by atoms with E-state index in [0.717, 1.165) is 35.3 Å². The minimum atomic E-state index is 0.0293. The van der Waals surface area contributed by atoms with E-state index in [1.54, 1.807) is 18.9 Å². The van der Waals surface area contributed by atoms with E-state index in [-0.39, 0.29) is 11.0 Å². The second kappa shape index (κ2) is 9.53. The molecular weight excluding hydrogens is 388 g/mol. The maximum absolute atomic E-state index is 9.21. The van der Waals surface area contributed by atoms with Crippen molar-refractivity contribution in [3.63, 3.8) is 0 Å². The van der Waals surface area contributed by atoms with Crippen LogP contribution in [-0.2, 0) is 0 Å². The van der Waals surface area contributed by atoms with Crippen LogP contribution in [-0.4, -0.2) is 7.11 Å². The van der Waals surface area contributed by atoms with E-state index in [4.69, 9.17) is 4.74 Å². The first-order chi connectivity index (χ1) is 14.4. The van der Waals surface area contributed by atoms with Gasteiger partial charge in [0.15, 0.2) is 0 Å². The Morgan fingerprint density at radius 2 is 1.53 bits per heavy atom. The zero-order chi connectivity index (χ0) is 21.6. The van der Waals surface area contributed by atoms with Gasteiger partial charge in [-0.2, -0.15) is 10.5 Å². The third kappa shape index (κ3) is 5.66. The van der Waals surface area contributed by atoms with Crippen molar-refractivity contribution in [3.05, 3.63) is 83.0 Å². The van der Waals surface area contributed by atoms with E-state index in [2.05, 4.69) is 62.4 Å². The molecule has 0 N–H and O–H groups in total. The van der Waals surface area contributed by atoms with Gasteiger partial charge in [0.05, 0.1) is 7.11 Å². The molecule has 2 aromatic carbocycles. The van der Waals surface area contributed by atoms with Crippen molar-refractivity contribution in [2.24, 2.45) is 5.41 Å². The lowest BCUT2D eigenvalue weighted by Crippen LogP contribution is -2.17. The largest absolute Gasteiger partial charge is 0.497 e. The van der Waals surface area contributed by atoms with E-state index in [1.807, 2.05) is 30.3 Å². The smallest absolute Gasteiger partial charge is 0.132 e. The Labute approximate surface area is 183 Å². The highest BCUT2D eigenvalue weighted by Crippen LogP contribution is 2.39. The van der Waals surface area contributed by atoms with Crippen molar-refractivity contribution in [3.8, 4) is 17.9 Å². The molecule has 0 atom stereocenters. The quantitative estimate of drug-likeness (QED) is 0.499. The standard InChI is InChI=1S/C26H24N2OS/c1-26(2)15-20(14-21(16-26)22(17-27)18-28)5-4-19-6-10-24(11-7-19)30-25-12-8-23(29-3)9-13-25/h4-14H,15-16H2,1-3H3/b5-4+. The molecule has 4 heteroatoms. The Morgan fingerprint density at radius 3 is 2.10 bits per heavy atom. The normalized spacial score (nSPS) is 15.2. The number of hydrogen-bond donors (Lipinski definition) is 0. The number of ether oxygens (including phenoxy) is 1. The second-order valence-corrected chi connectivity index (χ2v) is 9.19. The summed E-state index contributed by atoms with van der Waals surface area (Å²) in [6, 6.07) is 20.5. The van der Waals surface area contributed by atoms with Crippen LogP contribution in [0.2, 0.25) is 0 Å². The topological polar surface area (TPSA) is 56.8 Å². The molecular formula is C26H24N2OS. The number of rotatable bonds is 5. The van der Waals surface area contributed by atoms with Crippen molar-refractivity contribution in [2.45, 2.75) is 36.5 Å². The van der Waals surface area contributed by atoms with Crippen LogP contribution >= 0.6 is 11.8 Å². The summed E-state index contributed by atoms with van der Waals surface area (Å²) in [5.41, 5.74) is 3.34. The molecule has 0 aromatic heterocycles. The van der Waals surface area contributed by atoms with Crippen molar-refractivity contribution in [1.29, 1.82) is 10.5 Å². The van der Waals surface area contributed by atoms with Crippen LogP contribution in [0.3, 0.4) is 0 Å². The molecule has 0 spiro atoms. The third-order valence-corrected chi connectivity index (χ3v) is 5.94. The Hall–Kier alpha value is -3.21. The number of nitrogens with zero attached hydrogens (tertiary/aromatic N) is 2. The number of hydrogen-bond acceptors (Lipinski definition) is 4. The summed E-state index contributed by atoms with van der Waals surface area (Å²) < 4.78 is 5.20. The summed E-state index contributed by atoms with van der Waals surface area (Å²) in [5.74, 6) is 0.856. The van der Waals surface area contributed by atoms with E-state index in [0.29, 0.717) is 0 Å². The average Bonchev–Trinajstić information content (AvgIpc) is 2.74. The van der Waals surface area contributed by atoms with Gasteiger partial charge in [-0.1, -0.05) is 56.0 Å². The predicted molar refractivity (Wildman–Crippen MR) is 122 cm³/mol. The fourth-order valence-electron chi connectivity index (χ4n) is 3.52. The number of allylic oxidation sites excluding steroid dienone is 5. The molecule has 0 radical (unpaired) electrons. The summed E-state index contributed by atoms with van der Waals surface area (Å²) >= 11 is 1.71. The highest BCUT2D eigenvalue weighted by atomic mass is 32.2. The SMILES string of the molecule is COc1ccc(Sc2ccc(/C=C/C3=CC(=C(C#N)C#N)CC(C)(C)C3)cc2)cc1. The first kappa shape index (κ1) is 21.5. The summed E-state index contributed by atoms with van der Waals surface area (Å²) in [4.78, 5) is 2.34. The van der Waals surface area contributed by atoms with Gasteiger partial charge in [-0.25, -0.2) is 0 Å². The highest BCUT2D eigenvalue weighted by Gasteiger charge is 2.26. The molecule has 0 fully saturated rings. The summed E-state index contributed by atoms with van der Waals surface area (Å²) in [7, 11) is 1.67. The van der Waals surface area contributed by atoms with E-state index in [1.165, 1.54) is 9.79 Å². The first-order valence-corrected chi connectivity index (χ1v) is 10.6. The van der Waals surface area contributed by atoms with Crippen molar-refractivity contribution < 1.29 is 4.74 Å². The van der Waals surface area contributed by atoms with Gasteiger partial charge in [-0.3, -0.25) is 0 Å². The molecule has 1 aliphatic rings. The number of benzene rings is 2. The van der Waals surface area contributed by atoms with Crippen LogP contribution in [0.5, 0.6) is 5.75 Å². The fraction of sp³-hybridized carbons (Fsp3) is 0.231. The Balaban J connectivity index is 1.73. The van der Waals surface area contributed by atoms with Crippen molar-refractivity contribution in [1.82, 2.24) is 0 Å². The minimum absolute atomic E-state index is 0.0293. The minimum Gasteiger partial charge on any atom is -0.497 e. The van der Waals surface area contributed by atoms with Gasteiger partial charge in [0.25, 0.3) is 0 Å². The van der Waals surface area contributed by atoms with Crippen molar-refractivity contribution >= 4 is 17.8 Å². The maximum Gasteiger partial charge on any atom is 0.132 e. The number of nitriles is 2. The third-order valence-electron chi connectivity index (χ3n) is 4.92. The van der Waals surface area contributed by atoms with Gasteiger partial charge in [0, 0.05) is 9.79 Å².